The monoisotopic (exact) mass is 133 g/mol. The molecule has 0 radical (unpaired) electrons. The van der Waals surface area contributed by atoms with E-state index in [1.807, 2.05) is 0 Å². The average Bonchev–Trinajstić information content (AvgIpc) is 2.06. The molecular formula is C9H11N. The van der Waals surface area contributed by atoms with Crippen molar-refractivity contribution in [2.24, 2.45) is 5.41 Å². The molecule has 0 atom stereocenters. The molecule has 1 rings (SSSR count). The second-order valence-corrected chi connectivity index (χ2v) is 2.90. The van der Waals surface area contributed by atoms with Crippen molar-refractivity contribution >= 4 is 0 Å². The van der Waals surface area contributed by atoms with Gasteiger partial charge in [0.1, 0.15) is 5.41 Å². The molecule has 0 N–H and O–H groups in total. The van der Waals surface area contributed by atoms with Crippen molar-refractivity contribution in [2.45, 2.75) is 32.1 Å². The van der Waals surface area contributed by atoms with E-state index < -0.39 is 5.41 Å². The number of hydrogen-bond acceptors (Lipinski definition) is 1. The first-order valence-electron chi connectivity index (χ1n) is 3.72. The summed E-state index contributed by atoms with van der Waals surface area (Å²) < 4.78 is 0. The standard InChI is InChI=1S/C9H11N/c1-2-9(8-10)6-4-3-5-7-9/h1H,3-7H2. The van der Waals surface area contributed by atoms with Gasteiger partial charge >= 0.3 is 0 Å². The van der Waals surface area contributed by atoms with Gasteiger partial charge in [-0.25, -0.2) is 0 Å². The number of nitriles is 1. The van der Waals surface area contributed by atoms with Crippen LogP contribution in [0.25, 0.3) is 0 Å². The molecule has 0 aromatic carbocycles. The molecule has 0 aromatic rings. The van der Waals surface area contributed by atoms with Gasteiger partial charge in [-0.05, 0) is 12.8 Å². The van der Waals surface area contributed by atoms with E-state index in [-0.39, 0.29) is 0 Å². The summed E-state index contributed by atoms with van der Waals surface area (Å²) >= 11 is 0. The summed E-state index contributed by atoms with van der Waals surface area (Å²) in [5.74, 6) is 2.61. The summed E-state index contributed by atoms with van der Waals surface area (Å²) in [6.07, 6.45) is 10.6. The first-order valence-corrected chi connectivity index (χ1v) is 3.72. The molecule has 1 aliphatic rings. The minimum atomic E-state index is -0.405. The average molecular weight is 133 g/mol. The third kappa shape index (κ3) is 1.14. The van der Waals surface area contributed by atoms with Crippen LogP contribution < -0.4 is 0 Å². The van der Waals surface area contributed by atoms with Gasteiger partial charge in [0, 0.05) is 0 Å². The van der Waals surface area contributed by atoms with E-state index in [2.05, 4.69) is 12.0 Å². The third-order valence-corrected chi connectivity index (χ3v) is 2.20. The highest BCUT2D eigenvalue weighted by molar-refractivity contribution is 5.18. The highest BCUT2D eigenvalue weighted by Crippen LogP contribution is 2.34. The summed E-state index contributed by atoms with van der Waals surface area (Å²) in [6, 6.07) is 2.23. The zero-order valence-electron chi connectivity index (χ0n) is 6.06. The van der Waals surface area contributed by atoms with E-state index in [1.165, 1.54) is 6.42 Å². The fourth-order valence-corrected chi connectivity index (χ4v) is 1.44. The molecule has 0 bridgehead atoms. The zero-order valence-corrected chi connectivity index (χ0v) is 6.06. The van der Waals surface area contributed by atoms with E-state index in [1.54, 1.807) is 0 Å². The van der Waals surface area contributed by atoms with Crippen molar-refractivity contribution in [3.8, 4) is 18.4 Å². The van der Waals surface area contributed by atoms with Crippen molar-refractivity contribution in [1.82, 2.24) is 0 Å². The highest BCUT2D eigenvalue weighted by Gasteiger charge is 2.29. The molecule has 1 heteroatoms. The Morgan fingerprint density at radius 2 is 1.80 bits per heavy atom. The summed E-state index contributed by atoms with van der Waals surface area (Å²) in [5, 5.41) is 8.75. The predicted octanol–water partition coefficient (Wildman–Crippen LogP) is 2.09. The number of terminal acetylenes is 1. The van der Waals surface area contributed by atoms with Crippen molar-refractivity contribution in [3.63, 3.8) is 0 Å². The van der Waals surface area contributed by atoms with E-state index in [0.29, 0.717) is 0 Å². The molecule has 0 heterocycles. The lowest BCUT2D eigenvalue weighted by atomic mass is 9.76. The van der Waals surface area contributed by atoms with Crippen LogP contribution in [0.5, 0.6) is 0 Å². The van der Waals surface area contributed by atoms with Gasteiger partial charge in [0.05, 0.1) is 6.07 Å². The molecular weight excluding hydrogens is 122 g/mol. The summed E-state index contributed by atoms with van der Waals surface area (Å²) in [7, 11) is 0. The smallest absolute Gasteiger partial charge is 0.117 e. The Morgan fingerprint density at radius 3 is 2.10 bits per heavy atom. The van der Waals surface area contributed by atoms with Crippen LogP contribution in [0.1, 0.15) is 32.1 Å². The van der Waals surface area contributed by atoms with E-state index in [9.17, 15) is 0 Å². The van der Waals surface area contributed by atoms with E-state index >= 15 is 0 Å². The van der Waals surface area contributed by atoms with Crippen molar-refractivity contribution < 1.29 is 0 Å². The molecule has 0 unspecified atom stereocenters. The summed E-state index contributed by atoms with van der Waals surface area (Å²) in [5.41, 5.74) is -0.405. The molecule has 1 nitrogen and oxygen atoms in total. The van der Waals surface area contributed by atoms with Gasteiger partial charge in [-0.2, -0.15) is 5.26 Å². The fraction of sp³-hybridized carbons (Fsp3) is 0.667. The zero-order chi connectivity index (χ0) is 7.45. The Balaban J connectivity index is 2.67. The predicted molar refractivity (Wildman–Crippen MR) is 40.0 cm³/mol. The minimum absolute atomic E-state index is 0.405. The molecule has 0 aromatic heterocycles. The van der Waals surface area contributed by atoms with Crippen LogP contribution >= 0.6 is 0 Å². The maximum absolute atomic E-state index is 8.75. The largest absolute Gasteiger partial charge is 0.197 e. The Kier molecular flexibility index (Phi) is 1.97. The van der Waals surface area contributed by atoms with Crippen LogP contribution in [0.3, 0.4) is 0 Å². The Morgan fingerprint density at radius 1 is 1.20 bits per heavy atom. The highest BCUT2D eigenvalue weighted by atomic mass is 14.4. The molecule has 1 fully saturated rings. The second kappa shape index (κ2) is 2.76. The van der Waals surface area contributed by atoms with Gasteiger partial charge in [-0.1, -0.05) is 25.2 Å². The first kappa shape index (κ1) is 7.16. The van der Waals surface area contributed by atoms with Crippen LogP contribution in [-0.2, 0) is 0 Å². The quantitative estimate of drug-likeness (QED) is 0.464. The van der Waals surface area contributed by atoms with Gasteiger partial charge in [-0.15, -0.1) is 6.42 Å². The Hall–Kier alpha value is -0.950. The van der Waals surface area contributed by atoms with Gasteiger partial charge < -0.3 is 0 Å². The van der Waals surface area contributed by atoms with Crippen molar-refractivity contribution in [3.05, 3.63) is 0 Å². The third-order valence-electron chi connectivity index (χ3n) is 2.20. The van der Waals surface area contributed by atoms with Gasteiger partial charge in [0.2, 0.25) is 0 Å². The first-order chi connectivity index (χ1) is 4.83. The van der Waals surface area contributed by atoms with E-state index in [4.69, 9.17) is 11.7 Å². The summed E-state index contributed by atoms with van der Waals surface area (Å²) in [6.45, 7) is 0. The number of rotatable bonds is 0. The van der Waals surface area contributed by atoms with Crippen molar-refractivity contribution in [1.29, 1.82) is 5.26 Å². The molecule has 0 aliphatic heterocycles. The maximum Gasteiger partial charge on any atom is 0.117 e. The number of nitrogens with zero attached hydrogens (tertiary/aromatic N) is 1. The van der Waals surface area contributed by atoms with Crippen LogP contribution in [0.15, 0.2) is 0 Å². The van der Waals surface area contributed by atoms with Crippen LogP contribution in [-0.4, -0.2) is 0 Å². The lowest BCUT2D eigenvalue weighted by Gasteiger charge is -2.24. The molecule has 0 amide bonds. The Bertz CT molecular complexity index is 170. The molecule has 1 saturated carbocycles. The van der Waals surface area contributed by atoms with Gasteiger partial charge in [-0.3, -0.25) is 0 Å². The maximum atomic E-state index is 8.75. The Labute approximate surface area is 62.0 Å². The van der Waals surface area contributed by atoms with Crippen LogP contribution in [0.4, 0.5) is 0 Å². The number of hydrogen-bond donors (Lipinski definition) is 0. The fourth-order valence-electron chi connectivity index (χ4n) is 1.44. The molecule has 0 saturated heterocycles. The molecule has 1 aliphatic carbocycles. The lowest BCUT2D eigenvalue weighted by molar-refractivity contribution is 0.349. The van der Waals surface area contributed by atoms with Crippen molar-refractivity contribution in [2.75, 3.05) is 0 Å². The molecule has 0 spiro atoms. The van der Waals surface area contributed by atoms with Gasteiger partial charge in [0.15, 0.2) is 0 Å². The SMILES string of the molecule is C#CC1(C#N)CCCCC1. The van der Waals surface area contributed by atoms with Crippen LogP contribution in [0.2, 0.25) is 0 Å². The molecule has 52 valence electrons. The second-order valence-electron chi connectivity index (χ2n) is 2.90. The van der Waals surface area contributed by atoms with E-state index in [0.717, 1.165) is 25.7 Å². The van der Waals surface area contributed by atoms with Crippen LogP contribution in [0, 0.1) is 29.1 Å². The minimum Gasteiger partial charge on any atom is -0.197 e. The normalized spacial score (nSPS) is 22.6. The molecule has 10 heavy (non-hydrogen) atoms. The lowest BCUT2D eigenvalue weighted by Crippen LogP contribution is -2.19. The van der Waals surface area contributed by atoms with Gasteiger partial charge in [0.25, 0.3) is 0 Å². The summed E-state index contributed by atoms with van der Waals surface area (Å²) in [4.78, 5) is 0. The topological polar surface area (TPSA) is 23.8 Å².